The molecule has 0 amide bonds. The van der Waals surface area contributed by atoms with E-state index in [0.717, 1.165) is 22.4 Å². The maximum atomic E-state index is 13.9. The summed E-state index contributed by atoms with van der Waals surface area (Å²) in [5, 5.41) is 9.67. The number of fused-ring (bicyclic) bond motifs is 3. The first-order chi connectivity index (χ1) is 17.9. The number of hydrogen-bond acceptors (Lipinski definition) is 5. The first kappa shape index (κ1) is 24.4. The fourth-order valence-electron chi connectivity index (χ4n) is 4.66. The highest BCUT2D eigenvalue weighted by Gasteiger charge is 2.23. The van der Waals surface area contributed by atoms with E-state index in [1.165, 1.54) is 25.3 Å². The summed E-state index contributed by atoms with van der Waals surface area (Å²) in [6.07, 6.45) is 2.16. The van der Waals surface area contributed by atoms with Crippen molar-refractivity contribution in [3.8, 4) is 17.6 Å². The van der Waals surface area contributed by atoms with E-state index >= 15 is 0 Å². The molecule has 0 aliphatic carbocycles. The number of benzene rings is 2. The van der Waals surface area contributed by atoms with Crippen molar-refractivity contribution in [1.29, 1.82) is 5.26 Å². The van der Waals surface area contributed by atoms with Crippen LogP contribution in [0, 0.1) is 17.1 Å². The third kappa shape index (κ3) is 4.63. The molecular weight excluding hydrogens is 483 g/mol. The van der Waals surface area contributed by atoms with Crippen molar-refractivity contribution in [2.45, 2.75) is 33.2 Å². The van der Waals surface area contributed by atoms with Crippen LogP contribution >= 0.6 is 0 Å². The second kappa shape index (κ2) is 9.99. The number of nitrogens with zero attached hydrogens (tertiary/aromatic N) is 3. The van der Waals surface area contributed by atoms with Crippen LogP contribution in [0.4, 0.5) is 13.2 Å². The highest BCUT2D eigenvalue weighted by Crippen LogP contribution is 2.39. The quantitative estimate of drug-likeness (QED) is 0.299. The van der Waals surface area contributed by atoms with Gasteiger partial charge in [0.1, 0.15) is 18.2 Å². The zero-order valence-electron chi connectivity index (χ0n) is 20.1. The van der Waals surface area contributed by atoms with E-state index in [0.29, 0.717) is 34.6 Å². The summed E-state index contributed by atoms with van der Waals surface area (Å²) in [7, 11) is 1.54. The van der Waals surface area contributed by atoms with Gasteiger partial charge in [0.15, 0.2) is 11.4 Å². The Morgan fingerprint density at radius 2 is 2.00 bits per heavy atom. The lowest BCUT2D eigenvalue weighted by Crippen LogP contribution is -2.04. The van der Waals surface area contributed by atoms with Gasteiger partial charge in [-0.2, -0.15) is 14.0 Å². The molecule has 37 heavy (non-hydrogen) atoms. The fourth-order valence-corrected chi connectivity index (χ4v) is 4.66. The summed E-state index contributed by atoms with van der Waals surface area (Å²) in [4.78, 5) is 4.51. The van der Waals surface area contributed by atoms with Crippen molar-refractivity contribution >= 4 is 11.2 Å². The Balaban J connectivity index is 1.59. The maximum absolute atomic E-state index is 13.9. The van der Waals surface area contributed by atoms with Gasteiger partial charge in [-0.05, 0) is 47.9 Å². The van der Waals surface area contributed by atoms with Crippen LogP contribution < -0.4 is 9.47 Å². The topological polar surface area (TPSA) is 68.8 Å². The first-order valence-corrected chi connectivity index (χ1v) is 11.5. The van der Waals surface area contributed by atoms with E-state index in [1.807, 2.05) is 18.2 Å². The van der Waals surface area contributed by atoms with Crippen LogP contribution in [0.1, 0.15) is 40.6 Å². The first-order valence-electron chi connectivity index (χ1n) is 11.5. The molecule has 1 aliphatic heterocycles. The van der Waals surface area contributed by atoms with Crippen molar-refractivity contribution in [3.05, 3.63) is 99.8 Å². The third-order valence-electron chi connectivity index (χ3n) is 6.24. The summed E-state index contributed by atoms with van der Waals surface area (Å²) >= 11 is 0. The van der Waals surface area contributed by atoms with Crippen LogP contribution in [0.5, 0.6) is 11.5 Å². The molecule has 4 aromatic rings. The summed E-state index contributed by atoms with van der Waals surface area (Å²) in [5.74, 6) is -0.0749. The van der Waals surface area contributed by atoms with E-state index in [4.69, 9.17) is 9.47 Å². The number of rotatable bonds is 6. The maximum Gasteiger partial charge on any atom is 0.387 e. The highest BCUT2D eigenvalue weighted by molar-refractivity contribution is 5.88. The van der Waals surface area contributed by atoms with Gasteiger partial charge >= 0.3 is 6.61 Å². The number of imidazole rings is 1. The lowest BCUT2D eigenvalue weighted by Gasteiger charge is -2.13. The second-order valence-electron chi connectivity index (χ2n) is 8.59. The molecule has 0 saturated heterocycles. The van der Waals surface area contributed by atoms with Crippen LogP contribution in [-0.2, 0) is 24.4 Å². The minimum Gasteiger partial charge on any atom is -0.488 e. The van der Waals surface area contributed by atoms with Crippen molar-refractivity contribution in [2.75, 3.05) is 7.11 Å². The van der Waals surface area contributed by atoms with E-state index in [2.05, 4.69) is 15.8 Å². The number of ether oxygens (including phenoxy) is 3. The normalized spacial score (nSPS) is 14.0. The Labute approximate surface area is 211 Å². The molecule has 3 heterocycles. The van der Waals surface area contributed by atoms with Gasteiger partial charge in [-0.15, -0.1) is 0 Å². The molecule has 2 aromatic heterocycles. The van der Waals surface area contributed by atoms with E-state index in [1.54, 1.807) is 29.7 Å². The predicted molar refractivity (Wildman–Crippen MR) is 130 cm³/mol. The van der Waals surface area contributed by atoms with Gasteiger partial charge < -0.3 is 18.6 Å². The summed E-state index contributed by atoms with van der Waals surface area (Å²) < 4.78 is 57.5. The van der Waals surface area contributed by atoms with Crippen LogP contribution in [0.25, 0.3) is 11.2 Å². The largest absolute Gasteiger partial charge is 0.488 e. The Kier molecular flexibility index (Phi) is 6.59. The van der Waals surface area contributed by atoms with E-state index in [-0.39, 0.29) is 24.6 Å². The Morgan fingerprint density at radius 3 is 2.76 bits per heavy atom. The average molecular weight is 505 g/mol. The van der Waals surface area contributed by atoms with Gasteiger partial charge in [-0.25, -0.2) is 9.37 Å². The van der Waals surface area contributed by atoms with Gasteiger partial charge in [-0.1, -0.05) is 18.2 Å². The van der Waals surface area contributed by atoms with Gasteiger partial charge in [-0.3, -0.25) is 0 Å². The van der Waals surface area contributed by atoms with Crippen LogP contribution in [0.2, 0.25) is 0 Å². The van der Waals surface area contributed by atoms with Gasteiger partial charge in [0, 0.05) is 42.5 Å². The van der Waals surface area contributed by atoms with Crippen LogP contribution in [0.3, 0.4) is 0 Å². The standard InChI is InChI=1S/C28H22F3N3O3/c1-16(13-32)26-20-7-5-17(10-18(20)14-36-25-12-19(29)6-8-21(25)26)11-23-22(15-35-2)33-27-24(37-28(30)31)4-3-9-34(23)27/h3-10,12,28H,11,14-15H2,1-2H3. The van der Waals surface area contributed by atoms with Crippen LogP contribution in [-0.4, -0.2) is 23.1 Å². The molecule has 0 spiro atoms. The zero-order valence-corrected chi connectivity index (χ0v) is 20.1. The van der Waals surface area contributed by atoms with Crippen molar-refractivity contribution < 1.29 is 27.4 Å². The number of hydrogen-bond donors (Lipinski definition) is 0. The van der Waals surface area contributed by atoms with Crippen molar-refractivity contribution in [2.24, 2.45) is 0 Å². The molecule has 0 radical (unpaired) electrons. The summed E-state index contributed by atoms with van der Waals surface area (Å²) in [5.41, 5.74) is 6.05. The van der Waals surface area contributed by atoms with Crippen molar-refractivity contribution in [1.82, 2.24) is 9.38 Å². The number of nitriles is 1. The summed E-state index contributed by atoms with van der Waals surface area (Å²) in [6, 6.07) is 15.4. The minimum absolute atomic E-state index is 0.0248. The number of halogens is 3. The second-order valence-corrected chi connectivity index (χ2v) is 8.59. The minimum atomic E-state index is -2.97. The van der Waals surface area contributed by atoms with Gasteiger partial charge in [0.2, 0.25) is 0 Å². The molecule has 0 atom stereocenters. The third-order valence-corrected chi connectivity index (χ3v) is 6.24. The number of aromatic nitrogens is 2. The number of allylic oxidation sites excluding steroid dienone is 1. The lowest BCUT2D eigenvalue weighted by molar-refractivity contribution is -0.0491. The Bertz CT molecular complexity index is 1570. The number of alkyl halides is 2. The van der Waals surface area contributed by atoms with E-state index < -0.39 is 12.4 Å². The molecule has 5 rings (SSSR count). The van der Waals surface area contributed by atoms with Crippen molar-refractivity contribution in [3.63, 3.8) is 0 Å². The predicted octanol–water partition coefficient (Wildman–Crippen LogP) is 6.05. The molecule has 0 fully saturated rings. The molecule has 1 aliphatic rings. The van der Waals surface area contributed by atoms with E-state index in [9.17, 15) is 18.4 Å². The molecule has 0 bridgehead atoms. The molecular formula is C28H22F3N3O3. The molecule has 2 aromatic carbocycles. The number of methoxy groups -OCH3 is 1. The average Bonchev–Trinajstić information content (AvgIpc) is 3.13. The SMILES string of the molecule is COCc1nc2c(OC(F)F)cccn2c1Cc1ccc2c(c1)COc1cc(F)ccc1C2=C(C)C#N. The summed E-state index contributed by atoms with van der Waals surface area (Å²) in [6.45, 7) is -0.876. The van der Waals surface area contributed by atoms with Gasteiger partial charge in [0.25, 0.3) is 0 Å². The molecule has 6 nitrogen and oxygen atoms in total. The molecule has 0 saturated carbocycles. The molecule has 0 N–H and O–H groups in total. The molecule has 0 unspecified atom stereocenters. The molecule has 9 heteroatoms. The molecule has 188 valence electrons. The monoisotopic (exact) mass is 505 g/mol. The van der Waals surface area contributed by atoms with Gasteiger partial charge in [0.05, 0.1) is 24.1 Å². The smallest absolute Gasteiger partial charge is 0.387 e. The highest BCUT2D eigenvalue weighted by atomic mass is 19.3. The Morgan fingerprint density at radius 1 is 1.19 bits per heavy atom. The lowest BCUT2D eigenvalue weighted by atomic mass is 9.89. The Hall–Kier alpha value is -4.29. The zero-order chi connectivity index (χ0) is 26.1. The van der Waals surface area contributed by atoms with Crippen LogP contribution in [0.15, 0.2) is 60.3 Å². The number of pyridine rings is 1. The fraction of sp³-hybridized carbons (Fsp3) is 0.214.